The standard InChI is InChI=1S/C24H15ClN2O2S/c25-16-5-3-4-15(12-16)22-11-9-18(29-22)14-26-17-8-10-19(21(28)13-17)24-27-20-6-1-2-7-23(20)30-24/h1-14,28H. The number of benzene rings is 3. The zero-order valence-corrected chi connectivity index (χ0v) is 17.2. The van der Waals surface area contributed by atoms with E-state index >= 15 is 0 Å². The van der Waals surface area contributed by atoms with E-state index < -0.39 is 0 Å². The molecule has 0 aliphatic heterocycles. The molecule has 146 valence electrons. The second-order valence-electron chi connectivity index (χ2n) is 6.66. The predicted molar refractivity (Wildman–Crippen MR) is 123 cm³/mol. The lowest BCUT2D eigenvalue weighted by Crippen LogP contribution is -1.79. The maximum Gasteiger partial charge on any atom is 0.145 e. The number of para-hydroxylation sites is 1. The molecule has 0 fully saturated rings. The van der Waals surface area contributed by atoms with Gasteiger partial charge in [-0.3, -0.25) is 4.99 Å². The minimum atomic E-state index is 0.141. The highest BCUT2D eigenvalue weighted by Crippen LogP contribution is 2.37. The molecule has 0 aliphatic carbocycles. The number of rotatable bonds is 4. The van der Waals surface area contributed by atoms with Gasteiger partial charge in [0.25, 0.3) is 0 Å². The van der Waals surface area contributed by atoms with Gasteiger partial charge >= 0.3 is 0 Å². The van der Waals surface area contributed by atoms with Gasteiger partial charge in [0.05, 0.1) is 27.7 Å². The summed E-state index contributed by atoms with van der Waals surface area (Å²) in [5.41, 5.74) is 3.14. The first-order valence-corrected chi connectivity index (χ1v) is 10.4. The Labute approximate surface area is 181 Å². The van der Waals surface area contributed by atoms with Gasteiger partial charge in [-0.15, -0.1) is 11.3 Å². The number of aromatic nitrogens is 1. The van der Waals surface area contributed by atoms with Gasteiger partial charge in [-0.2, -0.15) is 0 Å². The number of phenolic OH excluding ortho intramolecular Hbond substituents is 1. The van der Waals surface area contributed by atoms with Gasteiger partial charge in [0.15, 0.2) is 0 Å². The third kappa shape index (κ3) is 3.73. The topological polar surface area (TPSA) is 58.6 Å². The van der Waals surface area contributed by atoms with Crippen molar-refractivity contribution in [1.29, 1.82) is 0 Å². The van der Waals surface area contributed by atoms with E-state index in [0.717, 1.165) is 20.8 Å². The van der Waals surface area contributed by atoms with Crippen LogP contribution in [0.15, 0.2) is 88.3 Å². The number of aliphatic imine (C=N–C) groups is 1. The molecule has 5 rings (SSSR count). The summed E-state index contributed by atoms with van der Waals surface area (Å²) in [5.74, 6) is 1.47. The summed E-state index contributed by atoms with van der Waals surface area (Å²) in [5, 5.41) is 11.9. The molecule has 0 saturated carbocycles. The number of hydrogen-bond donors (Lipinski definition) is 1. The zero-order chi connectivity index (χ0) is 20.5. The van der Waals surface area contributed by atoms with Crippen LogP contribution >= 0.6 is 22.9 Å². The third-order valence-corrected chi connectivity index (χ3v) is 5.89. The van der Waals surface area contributed by atoms with Crippen LogP contribution in [0.5, 0.6) is 5.75 Å². The Kier molecular flexibility index (Phi) is 4.83. The second kappa shape index (κ2) is 7.78. The first-order valence-electron chi connectivity index (χ1n) is 9.24. The number of furan rings is 1. The Bertz CT molecular complexity index is 1350. The van der Waals surface area contributed by atoms with Gasteiger partial charge in [0, 0.05) is 16.7 Å². The van der Waals surface area contributed by atoms with Gasteiger partial charge in [-0.1, -0.05) is 35.9 Å². The molecule has 0 spiro atoms. The van der Waals surface area contributed by atoms with Crippen LogP contribution in [0.1, 0.15) is 5.76 Å². The molecule has 1 N–H and O–H groups in total. The minimum Gasteiger partial charge on any atom is -0.507 e. The minimum absolute atomic E-state index is 0.141. The van der Waals surface area contributed by atoms with Crippen molar-refractivity contribution in [3.05, 3.63) is 89.6 Å². The van der Waals surface area contributed by atoms with Crippen molar-refractivity contribution >= 4 is 45.1 Å². The molecule has 6 heteroatoms. The summed E-state index contributed by atoms with van der Waals surface area (Å²) >= 11 is 7.59. The van der Waals surface area contributed by atoms with Gasteiger partial charge in [-0.05, 0) is 48.5 Å². The molecule has 4 nitrogen and oxygen atoms in total. The van der Waals surface area contributed by atoms with Gasteiger partial charge < -0.3 is 9.52 Å². The molecule has 0 aliphatic rings. The Morgan fingerprint density at radius 1 is 0.967 bits per heavy atom. The van der Waals surface area contributed by atoms with Crippen LogP contribution in [0.25, 0.3) is 32.1 Å². The summed E-state index contributed by atoms with van der Waals surface area (Å²) in [6, 6.07) is 24.4. The number of hydrogen-bond acceptors (Lipinski definition) is 5. The lowest BCUT2D eigenvalue weighted by Gasteiger charge is -2.02. The van der Waals surface area contributed by atoms with Crippen molar-refractivity contribution in [3.8, 4) is 27.6 Å². The fourth-order valence-electron chi connectivity index (χ4n) is 3.13. The molecule has 5 aromatic rings. The van der Waals surface area contributed by atoms with Crippen LogP contribution in [0.2, 0.25) is 5.02 Å². The molecule has 0 atom stereocenters. The molecule has 0 radical (unpaired) electrons. The molecule has 0 saturated heterocycles. The molecule has 0 bridgehead atoms. The number of fused-ring (bicyclic) bond motifs is 1. The van der Waals surface area contributed by atoms with Crippen LogP contribution in [0, 0.1) is 0 Å². The lowest BCUT2D eigenvalue weighted by molar-refractivity contribution is 0.477. The summed E-state index contributed by atoms with van der Waals surface area (Å²) in [7, 11) is 0. The van der Waals surface area contributed by atoms with Crippen molar-refractivity contribution in [1.82, 2.24) is 4.98 Å². The van der Waals surface area contributed by atoms with Gasteiger partial charge in [0.1, 0.15) is 22.3 Å². The van der Waals surface area contributed by atoms with Crippen LogP contribution in [-0.2, 0) is 0 Å². The fourth-order valence-corrected chi connectivity index (χ4v) is 4.32. The van der Waals surface area contributed by atoms with Crippen LogP contribution < -0.4 is 0 Å². The number of phenols is 1. The number of aromatic hydroxyl groups is 1. The predicted octanol–water partition coefficient (Wildman–Crippen LogP) is 7.33. The molecule has 2 heterocycles. The molecule has 2 aromatic heterocycles. The second-order valence-corrected chi connectivity index (χ2v) is 8.13. The fraction of sp³-hybridized carbons (Fsp3) is 0. The monoisotopic (exact) mass is 430 g/mol. The van der Waals surface area contributed by atoms with Crippen LogP contribution in [-0.4, -0.2) is 16.3 Å². The molecular weight excluding hydrogens is 416 g/mol. The van der Waals surface area contributed by atoms with Crippen molar-refractivity contribution in [3.63, 3.8) is 0 Å². The number of nitrogens with zero attached hydrogens (tertiary/aromatic N) is 2. The first-order chi connectivity index (χ1) is 14.7. The van der Waals surface area contributed by atoms with Crippen molar-refractivity contribution in [2.24, 2.45) is 4.99 Å². The van der Waals surface area contributed by atoms with Crippen LogP contribution in [0.4, 0.5) is 5.69 Å². The van der Waals surface area contributed by atoms with E-state index in [1.54, 1.807) is 23.6 Å². The number of halogens is 1. The third-order valence-electron chi connectivity index (χ3n) is 4.58. The first kappa shape index (κ1) is 18.6. The largest absolute Gasteiger partial charge is 0.507 e. The molecule has 3 aromatic carbocycles. The summed E-state index contributed by atoms with van der Waals surface area (Å²) in [6.45, 7) is 0. The quantitative estimate of drug-likeness (QED) is 0.303. The zero-order valence-electron chi connectivity index (χ0n) is 15.6. The van der Waals surface area contributed by atoms with E-state index in [0.29, 0.717) is 27.8 Å². The lowest BCUT2D eigenvalue weighted by atomic mass is 10.2. The van der Waals surface area contributed by atoms with E-state index in [9.17, 15) is 5.11 Å². The maximum absolute atomic E-state index is 10.5. The average molecular weight is 431 g/mol. The average Bonchev–Trinajstić information content (AvgIpc) is 3.39. The van der Waals surface area contributed by atoms with E-state index in [1.807, 2.05) is 72.8 Å². The maximum atomic E-state index is 10.5. The molecule has 30 heavy (non-hydrogen) atoms. The highest BCUT2D eigenvalue weighted by molar-refractivity contribution is 7.21. The van der Waals surface area contributed by atoms with E-state index in [2.05, 4.69) is 9.98 Å². The van der Waals surface area contributed by atoms with Gasteiger partial charge in [-0.25, -0.2) is 4.98 Å². The SMILES string of the molecule is Oc1cc(N=Cc2ccc(-c3cccc(Cl)c3)o2)ccc1-c1nc2ccccc2s1. The summed E-state index contributed by atoms with van der Waals surface area (Å²) in [6.07, 6.45) is 1.63. The van der Waals surface area contributed by atoms with Crippen LogP contribution in [0.3, 0.4) is 0 Å². The molecule has 0 unspecified atom stereocenters. The highest BCUT2D eigenvalue weighted by atomic mass is 35.5. The summed E-state index contributed by atoms with van der Waals surface area (Å²) in [4.78, 5) is 9.02. The Morgan fingerprint density at radius 3 is 2.70 bits per heavy atom. The van der Waals surface area contributed by atoms with Crippen molar-refractivity contribution in [2.45, 2.75) is 0 Å². The van der Waals surface area contributed by atoms with E-state index in [-0.39, 0.29) is 5.75 Å². The Hall–Kier alpha value is -3.41. The molecule has 0 amide bonds. The smallest absolute Gasteiger partial charge is 0.145 e. The number of thiazole rings is 1. The molecular formula is C24H15ClN2O2S. The normalized spacial score (nSPS) is 11.5. The van der Waals surface area contributed by atoms with Gasteiger partial charge in [0.2, 0.25) is 0 Å². The Morgan fingerprint density at radius 2 is 1.87 bits per heavy atom. The Balaban J connectivity index is 1.38. The highest BCUT2D eigenvalue weighted by Gasteiger charge is 2.11. The van der Waals surface area contributed by atoms with Crippen molar-refractivity contribution < 1.29 is 9.52 Å². The van der Waals surface area contributed by atoms with E-state index in [1.165, 1.54) is 0 Å². The van der Waals surface area contributed by atoms with Crippen molar-refractivity contribution in [2.75, 3.05) is 0 Å². The summed E-state index contributed by atoms with van der Waals surface area (Å²) < 4.78 is 6.91. The van der Waals surface area contributed by atoms with E-state index in [4.69, 9.17) is 16.0 Å².